The molecule has 4 aromatic heterocycles. The van der Waals surface area contributed by atoms with Gasteiger partial charge in [-0.05, 0) is 25.5 Å². The molecule has 10 nitrogen and oxygen atoms in total. The summed E-state index contributed by atoms with van der Waals surface area (Å²) in [6.07, 6.45) is 5.40. The van der Waals surface area contributed by atoms with Crippen LogP contribution in [0.4, 0.5) is 4.79 Å². The molecule has 0 aromatic carbocycles. The third-order valence-corrected chi connectivity index (χ3v) is 6.73. The number of ether oxygens (including phenoxy) is 1. The molecule has 1 atom stereocenters. The zero-order chi connectivity index (χ0) is 21.9. The van der Waals surface area contributed by atoms with Crippen LogP contribution < -0.4 is 10.1 Å². The molecule has 2 saturated heterocycles. The van der Waals surface area contributed by atoms with E-state index in [-0.39, 0.29) is 11.5 Å². The minimum absolute atomic E-state index is 0.0660. The first-order valence-corrected chi connectivity index (χ1v) is 10.7. The summed E-state index contributed by atoms with van der Waals surface area (Å²) in [6.45, 7) is 4.66. The Kier molecular flexibility index (Phi) is 4.12. The van der Waals surface area contributed by atoms with Crippen LogP contribution in [0.1, 0.15) is 25.1 Å². The minimum Gasteiger partial charge on any atom is -0.492 e. The third kappa shape index (κ3) is 2.69. The van der Waals surface area contributed by atoms with Crippen molar-refractivity contribution in [1.29, 1.82) is 0 Å². The molecule has 1 spiro atoms. The molecule has 1 unspecified atom stereocenters. The van der Waals surface area contributed by atoms with E-state index in [1.807, 2.05) is 37.5 Å². The Morgan fingerprint density at radius 1 is 1.34 bits per heavy atom. The predicted octanol–water partition coefficient (Wildman–Crippen LogP) is 2.69. The second-order valence-corrected chi connectivity index (χ2v) is 8.51. The van der Waals surface area contributed by atoms with E-state index in [0.29, 0.717) is 24.5 Å². The van der Waals surface area contributed by atoms with Gasteiger partial charge in [-0.2, -0.15) is 5.10 Å². The summed E-state index contributed by atoms with van der Waals surface area (Å²) >= 11 is 0. The van der Waals surface area contributed by atoms with Gasteiger partial charge in [0, 0.05) is 42.4 Å². The van der Waals surface area contributed by atoms with Crippen molar-refractivity contribution in [1.82, 2.24) is 35.0 Å². The Morgan fingerprint density at radius 3 is 2.91 bits per heavy atom. The quantitative estimate of drug-likeness (QED) is 0.452. The lowest BCUT2D eigenvalue weighted by Crippen LogP contribution is -2.56. The number of fused-ring (bicyclic) bond motifs is 3. The number of aromatic nitrogens is 5. The van der Waals surface area contributed by atoms with Crippen LogP contribution in [0, 0.1) is 5.41 Å². The molecule has 0 radical (unpaired) electrons. The second-order valence-electron chi connectivity index (χ2n) is 8.51. The standard InChI is InChI=1S/C22H23N7O3/c1-2-32-14-7-15(18-16-9-25-26-20(16)27-29(18)10-14)13-3-4-17(24-8-13)19-22(11-23-12-22)5-6-28(19)21(30)31/h3-4,7-10,19,23H,2,5-6,11-12H2,1H3,(H,26,27)(H,30,31). The number of H-pyrrole nitrogens is 1. The lowest BCUT2D eigenvalue weighted by atomic mass is 9.73. The van der Waals surface area contributed by atoms with Crippen LogP contribution in [-0.4, -0.2) is 67.1 Å². The monoisotopic (exact) mass is 433 g/mol. The Labute approximate surface area is 183 Å². The van der Waals surface area contributed by atoms with Crippen LogP contribution in [0.15, 0.2) is 36.8 Å². The highest BCUT2D eigenvalue weighted by Crippen LogP contribution is 2.49. The van der Waals surface area contributed by atoms with Gasteiger partial charge in [0.1, 0.15) is 5.75 Å². The summed E-state index contributed by atoms with van der Waals surface area (Å²) in [5.41, 5.74) is 4.17. The van der Waals surface area contributed by atoms with Crippen molar-refractivity contribution in [3.05, 3.63) is 42.5 Å². The lowest BCUT2D eigenvalue weighted by molar-refractivity contribution is 0.0820. The van der Waals surface area contributed by atoms with Crippen LogP contribution >= 0.6 is 0 Å². The zero-order valence-corrected chi connectivity index (χ0v) is 17.6. The first-order chi connectivity index (χ1) is 15.6. The third-order valence-electron chi connectivity index (χ3n) is 6.73. The average Bonchev–Trinajstić information content (AvgIpc) is 3.45. The first kappa shape index (κ1) is 19.1. The highest BCUT2D eigenvalue weighted by atomic mass is 16.5. The van der Waals surface area contributed by atoms with E-state index >= 15 is 0 Å². The number of carbonyl (C=O) groups is 1. The predicted molar refractivity (Wildman–Crippen MR) is 117 cm³/mol. The van der Waals surface area contributed by atoms with Crippen molar-refractivity contribution >= 4 is 22.6 Å². The van der Waals surface area contributed by atoms with Gasteiger partial charge in [-0.15, -0.1) is 5.10 Å². The second kappa shape index (κ2) is 6.92. The van der Waals surface area contributed by atoms with E-state index in [1.165, 1.54) is 4.90 Å². The number of rotatable bonds is 4. The minimum atomic E-state index is -0.891. The summed E-state index contributed by atoms with van der Waals surface area (Å²) in [5, 5.41) is 25.6. The Morgan fingerprint density at radius 2 is 2.22 bits per heavy atom. The van der Waals surface area contributed by atoms with Gasteiger partial charge in [-0.3, -0.25) is 15.0 Å². The van der Waals surface area contributed by atoms with Gasteiger partial charge in [-0.1, -0.05) is 6.07 Å². The molecule has 1 amide bonds. The molecule has 0 aliphatic carbocycles. The molecule has 6 heterocycles. The van der Waals surface area contributed by atoms with Gasteiger partial charge < -0.3 is 15.2 Å². The summed E-state index contributed by atoms with van der Waals surface area (Å²) in [5.74, 6) is 0.713. The fourth-order valence-electron chi connectivity index (χ4n) is 5.17. The van der Waals surface area contributed by atoms with E-state index in [2.05, 4.69) is 20.6 Å². The Balaban J connectivity index is 1.45. The molecule has 3 N–H and O–H groups in total. The van der Waals surface area contributed by atoms with Crippen molar-refractivity contribution in [3.8, 4) is 16.9 Å². The molecule has 2 aliphatic rings. The van der Waals surface area contributed by atoms with Gasteiger partial charge in [0.2, 0.25) is 0 Å². The number of likely N-dealkylation sites (tertiary alicyclic amines) is 1. The van der Waals surface area contributed by atoms with E-state index in [0.717, 1.165) is 47.2 Å². The summed E-state index contributed by atoms with van der Waals surface area (Å²) in [4.78, 5) is 18.1. The number of nitrogens with one attached hydrogen (secondary N) is 2. The number of aromatic amines is 1. The van der Waals surface area contributed by atoms with Crippen molar-refractivity contribution in [2.24, 2.45) is 5.41 Å². The summed E-state index contributed by atoms with van der Waals surface area (Å²) < 4.78 is 7.56. The molecular weight excluding hydrogens is 410 g/mol. The number of pyridine rings is 2. The maximum absolute atomic E-state index is 11.9. The molecule has 2 aliphatic heterocycles. The van der Waals surface area contributed by atoms with E-state index < -0.39 is 6.09 Å². The molecule has 2 fully saturated rings. The number of nitrogens with zero attached hydrogens (tertiary/aromatic N) is 5. The number of hydrogen-bond donors (Lipinski definition) is 3. The fraction of sp³-hybridized carbons (Fsp3) is 0.364. The van der Waals surface area contributed by atoms with Crippen LogP contribution in [0.3, 0.4) is 0 Å². The number of carboxylic acid groups (broad SMARTS) is 1. The molecule has 0 saturated carbocycles. The maximum Gasteiger partial charge on any atom is 0.407 e. The zero-order valence-electron chi connectivity index (χ0n) is 17.6. The van der Waals surface area contributed by atoms with Crippen molar-refractivity contribution in [2.45, 2.75) is 19.4 Å². The normalized spacial score (nSPS) is 19.7. The topological polar surface area (TPSA) is 121 Å². The summed E-state index contributed by atoms with van der Waals surface area (Å²) in [6, 6.07) is 5.71. The van der Waals surface area contributed by atoms with Gasteiger partial charge in [-0.25, -0.2) is 9.31 Å². The molecular formula is C22H23N7O3. The fourth-order valence-corrected chi connectivity index (χ4v) is 5.17. The largest absolute Gasteiger partial charge is 0.492 e. The van der Waals surface area contributed by atoms with Crippen LogP contribution in [0.5, 0.6) is 5.75 Å². The summed E-state index contributed by atoms with van der Waals surface area (Å²) in [7, 11) is 0. The van der Waals surface area contributed by atoms with Gasteiger partial charge in [0.05, 0.1) is 41.6 Å². The SMILES string of the molecule is CCOc1cc(-c2ccc(C3N(C(=O)O)CCC34CNC4)nc2)c2c3cn[nH]c3nn2c1. The molecule has 164 valence electrons. The molecule has 32 heavy (non-hydrogen) atoms. The van der Waals surface area contributed by atoms with E-state index in [9.17, 15) is 9.90 Å². The lowest BCUT2D eigenvalue weighted by Gasteiger charge is -2.44. The molecule has 4 aromatic rings. The van der Waals surface area contributed by atoms with Crippen molar-refractivity contribution in [3.63, 3.8) is 0 Å². The van der Waals surface area contributed by atoms with Gasteiger partial charge in [0.25, 0.3) is 0 Å². The highest BCUT2D eigenvalue weighted by molar-refractivity contribution is 6.00. The smallest absolute Gasteiger partial charge is 0.407 e. The van der Waals surface area contributed by atoms with Crippen LogP contribution in [-0.2, 0) is 0 Å². The van der Waals surface area contributed by atoms with Crippen LogP contribution in [0.25, 0.3) is 27.7 Å². The first-order valence-electron chi connectivity index (χ1n) is 10.7. The molecule has 10 heteroatoms. The number of amides is 1. The number of hydrogen-bond acceptors (Lipinski definition) is 6. The van der Waals surface area contributed by atoms with Crippen LogP contribution in [0.2, 0.25) is 0 Å². The highest BCUT2D eigenvalue weighted by Gasteiger charge is 2.54. The Hall–Kier alpha value is -3.66. The molecule has 0 bridgehead atoms. The van der Waals surface area contributed by atoms with E-state index in [1.54, 1.807) is 10.7 Å². The Bertz CT molecular complexity index is 1320. The van der Waals surface area contributed by atoms with Gasteiger partial charge in [0.15, 0.2) is 5.65 Å². The average molecular weight is 433 g/mol. The molecule has 6 rings (SSSR count). The van der Waals surface area contributed by atoms with Gasteiger partial charge >= 0.3 is 6.09 Å². The van der Waals surface area contributed by atoms with Crippen molar-refractivity contribution < 1.29 is 14.6 Å². The van der Waals surface area contributed by atoms with E-state index in [4.69, 9.17) is 9.72 Å². The van der Waals surface area contributed by atoms with Crippen molar-refractivity contribution in [2.75, 3.05) is 26.2 Å². The maximum atomic E-state index is 11.9.